The van der Waals surface area contributed by atoms with Gasteiger partial charge >= 0.3 is 0 Å². The van der Waals surface area contributed by atoms with Gasteiger partial charge in [0.25, 0.3) is 0 Å². The highest BCUT2D eigenvalue weighted by Crippen LogP contribution is 2.31. The number of rotatable bonds is 3. The Bertz CT molecular complexity index is 553. The second kappa shape index (κ2) is 5.91. The fraction of sp³-hybridized carbons (Fsp3) is 0.500. The second-order valence-electron chi connectivity index (χ2n) is 5.40. The van der Waals surface area contributed by atoms with Gasteiger partial charge in [-0.1, -0.05) is 35.8 Å². The molecule has 1 aromatic rings. The van der Waals surface area contributed by atoms with Gasteiger partial charge in [0.05, 0.1) is 10.6 Å². The normalized spacial score (nSPS) is 22.6. The number of sulfone groups is 1. The lowest BCUT2D eigenvalue weighted by atomic mass is 9.85. The first-order valence-electron chi connectivity index (χ1n) is 6.97. The van der Waals surface area contributed by atoms with Crippen LogP contribution in [0.3, 0.4) is 0 Å². The summed E-state index contributed by atoms with van der Waals surface area (Å²) in [7, 11) is -3.16. The van der Waals surface area contributed by atoms with Gasteiger partial charge in [0.1, 0.15) is 0 Å². The highest BCUT2D eigenvalue weighted by molar-refractivity contribution is 7.91. The van der Waals surface area contributed by atoms with Crippen LogP contribution in [0.2, 0.25) is 0 Å². The van der Waals surface area contributed by atoms with E-state index in [9.17, 15) is 8.42 Å². The van der Waals surface area contributed by atoms with Crippen LogP contribution in [0.4, 0.5) is 0 Å². The summed E-state index contributed by atoms with van der Waals surface area (Å²) >= 11 is 0. The molecule has 1 atom stereocenters. The van der Waals surface area contributed by atoms with Crippen LogP contribution in [0.15, 0.2) is 40.8 Å². The van der Waals surface area contributed by atoms with E-state index in [0.717, 1.165) is 24.8 Å². The third-order valence-corrected chi connectivity index (χ3v) is 5.80. The van der Waals surface area contributed by atoms with Gasteiger partial charge in [-0.3, -0.25) is 0 Å². The Morgan fingerprint density at radius 1 is 1.21 bits per heavy atom. The van der Waals surface area contributed by atoms with Crippen molar-refractivity contribution in [2.75, 3.05) is 5.75 Å². The zero-order chi connectivity index (χ0) is 13.9. The predicted octanol–water partition coefficient (Wildman–Crippen LogP) is 3.91. The predicted molar refractivity (Wildman–Crippen MR) is 78.9 cm³/mol. The zero-order valence-corrected chi connectivity index (χ0v) is 12.5. The van der Waals surface area contributed by atoms with Gasteiger partial charge in [0.15, 0.2) is 9.84 Å². The van der Waals surface area contributed by atoms with Gasteiger partial charge in [-0.15, -0.1) is 0 Å². The topological polar surface area (TPSA) is 34.1 Å². The first-order chi connectivity index (χ1) is 9.03. The van der Waals surface area contributed by atoms with Crippen LogP contribution in [0, 0.1) is 12.8 Å². The Morgan fingerprint density at radius 3 is 2.53 bits per heavy atom. The van der Waals surface area contributed by atoms with Crippen molar-refractivity contribution in [3.8, 4) is 0 Å². The molecule has 0 heterocycles. The van der Waals surface area contributed by atoms with E-state index in [1.54, 1.807) is 12.1 Å². The first kappa shape index (κ1) is 14.3. The molecule has 1 aliphatic rings. The Hall–Kier alpha value is -1.09. The number of hydrogen-bond acceptors (Lipinski definition) is 2. The van der Waals surface area contributed by atoms with Crippen molar-refractivity contribution in [3.05, 3.63) is 41.5 Å². The summed E-state index contributed by atoms with van der Waals surface area (Å²) in [5, 5.41) is 0. The SMILES string of the molecule is C/C=C1\CCCCC1CS(=O)(=O)c1ccc(C)cc1. The van der Waals surface area contributed by atoms with E-state index in [1.807, 2.05) is 26.0 Å². The van der Waals surface area contributed by atoms with Crippen molar-refractivity contribution in [2.45, 2.75) is 44.4 Å². The van der Waals surface area contributed by atoms with Crippen molar-refractivity contribution in [1.82, 2.24) is 0 Å². The quantitative estimate of drug-likeness (QED) is 0.786. The van der Waals surface area contributed by atoms with Crippen molar-refractivity contribution < 1.29 is 8.42 Å². The Balaban J connectivity index is 2.19. The molecule has 1 saturated carbocycles. The lowest BCUT2D eigenvalue weighted by Crippen LogP contribution is -2.21. The molecular weight excluding hydrogens is 256 g/mol. The average Bonchev–Trinajstić information content (AvgIpc) is 2.39. The molecule has 1 fully saturated rings. The number of hydrogen-bond donors (Lipinski definition) is 0. The van der Waals surface area contributed by atoms with Gasteiger partial charge in [-0.2, -0.15) is 0 Å². The van der Waals surface area contributed by atoms with E-state index >= 15 is 0 Å². The molecule has 104 valence electrons. The van der Waals surface area contributed by atoms with E-state index in [2.05, 4.69) is 6.08 Å². The molecule has 0 N–H and O–H groups in total. The molecule has 3 heteroatoms. The van der Waals surface area contributed by atoms with Crippen LogP contribution in [-0.4, -0.2) is 14.2 Å². The zero-order valence-electron chi connectivity index (χ0n) is 11.7. The second-order valence-corrected chi connectivity index (χ2v) is 7.43. The standard InChI is InChI=1S/C16H22O2S/c1-3-14-6-4-5-7-15(14)12-19(17,18)16-10-8-13(2)9-11-16/h3,8-11,15H,4-7,12H2,1-2H3/b14-3+. The molecule has 0 saturated heterocycles. The van der Waals surface area contributed by atoms with Crippen LogP contribution >= 0.6 is 0 Å². The van der Waals surface area contributed by atoms with Crippen molar-refractivity contribution >= 4 is 9.84 Å². The Morgan fingerprint density at radius 2 is 1.89 bits per heavy atom. The van der Waals surface area contributed by atoms with Crippen LogP contribution in [0.1, 0.15) is 38.2 Å². The molecule has 0 aromatic heterocycles. The monoisotopic (exact) mass is 278 g/mol. The number of allylic oxidation sites excluding steroid dienone is 2. The van der Waals surface area contributed by atoms with E-state index in [0.29, 0.717) is 4.90 Å². The maximum Gasteiger partial charge on any atom is 0.178 e. The fourth-order valence-corrected chi connectivity index (χ4v) is 4.44. The Kier molecular flexibility index (Phi) is 4.46. The summed E-state index contributed by atoms with van der Waals surface area (Å²) in [4.78, 5) is 0.458. The summed E-state index contributed by atoms with van der Waals surface area (Å²) < 4.78 is 24.9. The molecule has 1 aliphatic carbocycles. The van der Waals surface area contributed by atoms with E-state index in [4.69, 9.17) is 0 Å². The van der Waals surface area contributed by atoms with Gasteiger partial charge in [0.2, 0.25) is 0 Å². The highest BCUT2D eigenvalue weighted by atomic mass is 32.2. The summed E-state index contributed by atoms with van der Waals surface area (Å²) in [6.07, 6.45) is 6.51. The largest absolute Gasteiger partial charge is 0.224 e. The third-order valence-electron chi connectivity index (χ3n) is 3.96. The molecule has 0 spiro atoms. The highest BCUT2D eigenvalue weighted by Gasteiger charge is 2.25. The maximum atomic E-state index is 12.4. The molecule has 0 amide bonds. The van der Waals surface area contributed by atoms with Gasteiger partial charge in [0, 0.05) is 0 Å². The Labute approximate surface area is 116 Å². The molecule has 1 aromatic carbocycles. The number of benzene rings is 1. The lowest BCUT2D eigenvalue weighted by Gasteiger charge is -2.25. The van der Waals surface area contributed by atoms with Crippen LogP contribution in [0.25, 0.3) is 0 Å². The molecule has 0 aliphatic heterocycles. The van der Waals surface area contributed by atoms with Crippen molar-refractivity contribution in [1.29, 1.82) is 0 Å². The van der Waals surface area contributed by atoms with E-state index in [-0.39, 0.29) is 11.7 Å². The third kappa shape index (κ3) is 3.47. The molecule has 0 bridgehead atoms. The maximum absolute atomic E-state index is 12.4. The van der Waals surface area contributed by atoms with Gasteiger partial charge < -0.3 is 0 Å². The van der Waals surface area contributed by atoms with Crippen LogP contribution < -0.4 is 0 Å². The molecular formula is C16H22O2S. The molecule has 0 radical (unpaired) electrons. The molecule has 2 nitrogen and oxygen atoms in total. The van der Waals surface area contributed by atoms with Crippen molar-refractivity contribution in [2.24, 2.45) is 5.92 Å². The summed E-state index contributed by atoms with van der Waals surface area (Å²) in [5.41, 5.74) is 2.41. The summed E-state index contributed by atoms with van der Waals surface area (Å²) in [6.45, 7) is 3.99. The van der Waals surface area contributed by atoms with E-state index in [1.165, 1.54) is 12.0 Å². The molecule has 2 rings (SSSR count). The van der Waals surface area contributed by atoms with Crippen molar-refractivity contribution in [3.63, 3.8) is 0 Å². The summed E-state index contributed by atoms with van der Waals surface area (Å²) in [6, 6.07) is 7.18. The van der Waals surface area contributed by atoms with Gasteiger partial charge in [-0.25, -0.2) is 8.42 Å². The number of aryl methyl sites for hydroxylation is 1. The minimum Gasteiger partial charge on any atom is -0.224 e. The molecule has 1 unspecified atom stereocenters. The fourth-order valence-electron chi connectivity index (χ4n) is 2.79. The average molecular weight is 278 g/mol. The smallest absolute Gasteiger partial charge is 0.178 e. The minimum atomic E-state index is -3.16. The van der Waals surface area contributed by atoms with Gasteiger partial charge in [-0.05, 0) is 51.2 Å². The summed E-state index contributed by atoms with van der Waals surface area (Å²) in [5.74, 6) is 0.473. The van der Waals surface area contributed by atoms with Crippen LogP contribution in [0.5, 0.6) is 0 Å². The van der Waals surface area contributed by atoms with Crippen LogP contribution in [-0.2, 0) is 9.84 Å². The van der Waals surface area contributed by atoms with E-state index < -0.39 is 9.84 Å². The minimum absolute atomic E-state index is 0.213. The first-order valence-corrected chi connectivity index (χ1v) is 8.62. The molecule has 19 heavy (non-hydrogen) atoms. The lowest BCUT2D eigenvalue weighted by molar-refractivity contribution is 0.477.